The third-order valence-corrected chi connectivity index (χ3v) is 2.21. The molecule has 18 heavy (non-hydrogen) atoms. The molecule has 0 saturated carbocycles. The van der Waals surface area contributed by atoms with Gasteiger partial charge in [0.05, 0.1) is 24.7 Å². The fourth-order valence-corrected chi connectivity index (χ4v) is 1.41. The summed E-state index contributed by atoms with van der Waals surface area (Å²) >= 11 is 0. The number of hydrogen-bond acceptors (Lipinski definition) is 5. The van der Waals surface area contributed by atoms with Crippen LogP contribution < -0.4 is 5.32 Å². The molecule has 7 heteroatoms. The predicted molar refractivity (Wildman–Crippen MR) is 62.7 cm³/mol. The maximum Gasteiger partial charge on any atom is 0.274 e. The van der Waals surface area contributed by atoms with Gasteiger partial charge in [-0.2, -0.15) is 0 Å². The predicted octanol–water partition coefficient (Wildman–Crippen LogP) is 0.832. The maximum absolute atomic E-state index is 13.0. The van der Waals surface area contributed by atoms with Gasteiger partial charge in [-0.15, -0.1) is 0 Å². The number of nitro benzene ring substituents is 1. The lowest BCUT2D eigenvalue weighted by Gasteiger charge is -2.06. The van der Waals surface area contributed by atoms with Crippen molar-refractivity contribution in [3.63, 3.8) is 0 Å². The normalized spacial score (nSPS) is 10.6. The number of nitrogens with zero attached hydrogens (tertiary/aromatic N) is 1. The standard InChI is InChI=1S/C11H15FN2O4/c12-10-1-2-11(14(16)17)9(7-10)8-13-3-5-18-6-4-15/h1-2,7,13,15H,3-6,8H2. The summed E-state index contributed by atoms with van der Waals surface area (Å²) in [4.78, 5) is 10.2. The van der Waals surface area contributed by atoms with Crippen LogP contribution in [0.4, 0.5) is 10.1 Å². The SMILES string of the molecule is O=[N+]([O-])c1ccc(F)cc1CNCCOCCO. The first-order chi connectivity index (χ1) is 8.65. The molecule has 1 aromatic carbocycles. The maximum atomic E-state index is 13.0. The molecule has 0 atom stereocenters. The number of nitrogens with one attached hydrogen (secondary N) is 1. The molecular weight excluding hydrogens is 243 g/mol. The second kappa shape index (κ2) is 7.70. The minimum Gasteiger partial charge on any atom is -0.394 e. The number of aliphatic hydroxyl groups is 1. The lowest BCUT2D eigenvalue weighted by atomic mass is 10.1. The van der Waals surface area contributed by atoms with Gasteiger partial charge in [-0.25, -0.2) is 4.39 Å². The fourth-order valence-electron chi connectivity index (χ4n) is 1.41. The Hall–Kier alpha value is -1.57. The van der Waals surface area contributed by atoms with E-state index in [-0.39, 0.29) is 25.4 Å². The van der Waals surface area contributed by atoms with Crippen LogP contribution in [0.5, 0.6) is 0 Å². The Morgan fingerprint density at radius 3 is 2.89 bits per heavy atom. The van der Waals surface area contributed by atoms with Gasteiger partial charge in [-0.1, -0.05) is 0 Å². The quantitative estimate of drug-likeness (QED) is 0.410. The number of aliphatic hydroxyl groups excluding tert-OH is 1. The van der Waals surface area contributed by atoms with Crippen molar-refractivity contribution in [3.8, 4) is 0 Å². The van der Waals surface area contributed by atoms with Gasteiger partial charge >= 0.3 is 0 Å². The molecule has 1 rings (SSSR count). The minimum absolute atomic E-state index is 0.0463. The molecule has 0 aliphatic heterocycles. The molecule has 0 bridgehead atoms. The van der Waals surface area contributed by atoms with Crippen LogP contribution in [0.1, 0.15) is 5.56 Å². The Morgan fingerprint density at radius 1 is 1.44 bits per heavy atom. The van der Waals surface area contributed by atoms with Gasteiger partial charge < -0.3 is 15.2 Å². The summed E-state index contributed by atoms with van der Waals surface area (Å²) in [6, 6.07) is 3.35. The van der Waals surface area contributed by atoms with E-state index in [1.165, 1.54) is 0 Å². The smallest absolute Gasteiger partial charge is 0.274 e. The lowest BCUT2D eigenvalue weighted by molar-refractivity contribution is -0.385. The van der Waals surface area contributed by atoms with E-state index in [1.54, 1.807) is 0 Å². The molecule has 2 N–H and O–H groups in total. The Balaban J connectivity index is 2.45. The van der Waals surface area contributed by atoms with Crippen LogP contribution in [0.3, 0.4) is 0 Å². The summed E-state index contributed by atoms with van der Waals surface area (Å²) in [6.45, 7) is 1.24. The summed E-state index contributed by atoms with van der Waals surface area (Å²) in [5.74, 6) is -0.506. The Kier molecular flexibility index (Phi) is 6.20. The summed E-state index contributed by atoms with van der Waals surface area (Å²) in [5.41, 5.74) is 0.183. The van der Waals surface area contributed by atoms with Gasteiger partial charge in [-0.3, -0.25) is 10.1 Å². The van der Waals surface area contributed by atoms with Gasteiger partial charge in [0.2, 0.25) is 0 Å². The van der Waals surface area contributed by atoms with Crippen LogP contribution in [0.25, 0.3) is 0 Å². The summed E-state index contributed by atoms with van der Waals surface area (Å²) in [7, 11) is 0. The molecular formula is C11H15FN2O4. The molecule has 0 aromatic heterocycles. The number of hydrogen-bond donors (Lipinski definition) is 2. The molecule has 0 radical (unpaired) electrons. The number of ether oxygens (including phenoxy) is 1. The third-order valence-electron chi connectivity index (χ3n) is 2.21. The van der Waals surface area contributed by atoms with Crippen molar-refractivity contribution in [3.05, 3.63) is 39.7 Å². The van der Waals surface area contributed by atoms with Crippen molar-refractivity contribution in [1.29, 1.82) is 0 Å². The zero-order valence-corrected chi connectivity index (χ0v) is 9.76. The highest BCUT2D eigenvalue weighted by molar-refractivity contribution is 5.40. The van der Waals surface area contributed by atoms with E-state index in [2.05, 4.69) is 5.32 Å². The van der Waals surface area contributed by atoms with E-state index in [0.29, 0.717) is 18.7 Å². The van der Waals surface area contributed by atoms with Crippen LogP contribution in [-0.2, 0) is 11.3 Å². The zero-order chi connectivity index (χ0) is 13.4. The van der Waals surface area contributed by atoms with E-state index >= 15 is 0 Å². The summed E-state index contributed by atoms with van der Waals surface area (Å²) in [5, 5.41) is 22.1. The molecule has 6 nitrogen and oxygen atoms in total. The van der Waals surface area contributed by atoms with E-state index in [0.717, 1.165) is 18.2 Å². The number of halogens is 1. The first-order valence-corrected chi connectivity index (χ1v) is 5.47. The molecule has 0 spiro atoms. The van der Waals surface area contributed by atoms with Crippen LogP contribution in [0.15, 0.2) is 18.2 Å². The minimum atomic E-state index is -0.543. The van der Waals surface area contributed by atoms with Crippen molar-refractivity contribution in [2.45, 2.75) is 6.54 Å². The van der Waals surface area contributed by atoms with E-state index in [1.807, 2.05) is 0 Å². The Bertz CT molecular complexity index is 401. The van der Waals surface area contributed by atoms with Crippen molar-refractivity contribution in [2.75, 3.05) is 26.4 Å². The molecule has 0 unspecified atom stereocenters. The number of rotatable bonds is 8. The largest absolute Gasteiger partial charge is 0.394 e. The van der Waals surface area contributed by atoms with Crippen LogP contribution in [-0.4, -0.2) is 36.4 Å². The van der Waals surface area contributed by atoms with Crippen molar-refractivity contribution in [1.82, 2.24) is 5.32 Å². The second-order valence-electron chi connectivity index (χ2n) is 3.54. The molecule has 0 aliphatic rings. The summed E-state index contributed by atoms with van der Waals surface area (Å²) in [6.07, 6.45) is 0. The van der Waals surface area contributed by atoms with E-state index in [4.69, 9.17) is 9.84 Å². The van der Waals surface area contributed by atoms with Crippen molar-refractivity contribution >= 4 is 5.69 Å². The van der Waals surface area contributed by atoms with Crippen LogP contribution in [0.2, 0.25) is 0 Å². The molecule has 0 saturated heterocycles. The average Bonchev–Trinajstić information content (AvgIpc) is 2.33. The van der Waals surface area contributed by atoms with Gasteiger partial charge in [0, 0.05) is 24.7 Å². The fraction of sp³-hybridized carbons (Fsp3) is 0.455. The van der Waals surface area contributed by atoms with Crippen LogP contribution in [0, 0.1) is 15.9 Å². The molecule has 0 fully saturated rings. The molecule has 100 valence electrons. The Morgan fingerprint density at radius 2 is 2.22 bits per heavy atom. The highest BCUT2D eigenvalue weighted by Crippen LogP contribution is 2.19. The number of benzene rings is 1. The van der Waals surface area contributed by atoms with Crippen LogP contribution >= 0.6 is 0 Å². The highest BCUT2D eigenvalue weighted by Gasteiger charge is 2.13. The first-order valence-electron chi connectivity index (χ1n) is 5.47. The van der Waals surface area contributed by atoms with Crippen molar-refractivity contribution < 1.29 is 19.2 Å². The highest BCUT2D eigenvalue weighted by atomic mass is 19.1. The molecule has 0 heterocycles. The first kappa shape index (κ1) is 14.5. The van der Waals surface area contributed by atoms with Gasteiger partial charge in [-0.05, 0) is 12.1 Å². The summed E-state index contributed by atoms with van der Waals surface area (Å²) < 4.78 is 18.0. The van der Waals surface area contributed by atoms with Gasteiger partial charge in [0.1, 0.15) is 5.82 Å². The average molecular weight is 258 g/mol. The topological polar surface area (TPSA) is 84.6 Å². The van der Waals surface area contributed by atoms with Gasteiger partial charge in [0.15, 0.2) is 0 Å². The third kappa shape index (κ3) is 4.74. The molecule has 0 amide bonds. The monoisotopic (exact) mass is 258 g/mol. The van der Waals surface area contributed by atoms with Gasteiger partial charge in [0.25, 0.3) is 5.69 Å². The zero-order valence-electron chi connectivity index (χ0n) is 9.76. The van der Waals surface area contributed by atoms with Crippen molar-refractivity contribution in [2.24, 2.45) is 0 Å². The van der Waals surface area contributed by atoms with E-state index < -0.39 is 10.7 Å². The number of nitro groups is 1. The van der Waals surface area contributed by atoms with E-state index in [9.17, 15) is 14.5 Å². The lowest BCUT2D eigenvalue weighted by Crippen LogP contribution is -2.20. The molecule has 1 aromatic rings. The molecule has 0 aliphatic carbocycles. The second-order valence-corrected chi connectivity index (χ2v) is 3.54. The Labute approximate surface area is 104 Å².